The van der Waals surface area contributed by atoms with Gasteiger partial charge in [0.05, 0.1) is 0 Å². The normalized spacial score (nSPS) is 11.7. The maximum Gasteiger partial charge on any atom is 0.0215 e. The molecule has 0 aromatic heterocycles. The molecule has 0 spiro atoms. The molecule has 40 valence electrons. The standard InChI is InChI=1S/C6H9Br/c1-2-3-4-5-6-7/h2-5H,6H2,1H3/b3-2-,5-4-. The Morgan fingerprint density at radius 1 is 1.43 bits per heavy atom. The zero-order valence-electron chi connectivity index (χ0n) is 4.39. The molecular formula is C6H9Br. The van der Waals surface area contributed by atoms with Gasteiger partial charge < -0.3 is 0 Å². The summed E-state index contributed by atoms with van der Waals surface area (Å²) in [4.78, 5) is 0. The van der Waals surface area contributed by atoms with E-state index in [0.717, 1.165) is 5.33 Å². The molecule has 0 rings (SSSR count). The zero-order valence-corrected chi connectivity index (χ0v) is 5.98. The molecule has 0 aromatic rings. The van der Waals surface area contributed by atoms with Gasteiger partial charge >= 0.3 is 0 Å². The SMILES string of the molecule is C/C=C\C=C/CBr. The second kappa shape index (κ2) is 5.96. The molecule has 7 heavy (non-hydrogen) atoms. The first-order chi connectivity index (χ1) is 3.41. The van der Waals surface area contributed by atoms with Gasteiger partial charge in [-0.1, -0.05) is 40.2 Å². The summed E-state index contributed by atoms with van der Waals surface area (Å²) in [7, 11) is 0. The number of allylic oxidation sites excluding steroid dienone is 4. The number of hydrogen-bond donors (Lipinski definition) is 0. The first-order valence-electron chi connectivity index (χ1n) is 2.25. The van der Waals surface area contributed by atoms with Crippen LogP contribution in [0, 0.1) is 0 Å². The fourth-order valence-electron chi connectivity index (χ4n) is 0.241. The third-order valence-corrected chi connectivity index (χ3v) is 0.903. The largest absolute Gasteiger partial charge is 0.0883 e. The Morgan fingerprint density at radius 3 is 2.57 bits per heavy atom. The predicted molar refractivity (Wildman–Crippen MR) is 37.7 cm³/mol. The van der Waals surface area contributed by atoms with Crippen LogP contribution in [0.5, 0.6) is 0 Å². The summed E-state index contributed by atoms with van der Waals surface area (Å²) in [6.07, 6.45) is 8.05. The Labute approximate surface area is 53.1 Å². The lowest BCUT2D eigenvalue weighted by Crippen LogP contribution is -1.53. The molecule has 0 radical (unpaired) electrons. The molecule has 0 unspecified atom stereocenters. The Hall–Kier alpha value is -0.0400. The lowest BCUT2D eigenvalue weighted by atomic mass is 10.5. The van der Waals surface area contributed by atoms with Gasteiger partial charge in [0.25, 0.3) is 0 Å². The van der Waals surface area contributed by atoms with Gasteiger partial charge in [-0.3, -0.25) is 0 Å². The van der Waals surface area contributed by atoms with Crippen molar-refractivity contribution >= 4 is 15.9 Å². The first kappa shape index (κ1) is 6.96. The quantitative estimate of drug-likeness (QED) is 0.431. The van der Waals surface area contributed by atoms with Crippen molar-refractivity contribution in [3.8, 4) is 0 Å². The predicted octanol–water partition coefficient (Wildman–Crippen LogP) is 2.51. The molecule has 0 saturated carbocycles. The Balaban J connectivity index is 3.09. The van der Waals surface area contributed by atoms with Gasteiger partial charge in [-0.2, -0.15) is 0 Å². The van der Waals surface area contributed by atoms with E-state index in [1.54, 1.807) is 0 Å². The van der Waals surface area contributed by atoms with Gasteiger partial charge in [0, 0.05) is 5.33 Å². The van der Waals surface area contributed by atoms with Gasteiger partial charge in [0.2, 0.25) is 0 Å². The third-order valence-electron chi connectivity index (χ3n) is 0.529. The maximum atomic E-state index is 3.26. The van der Waals surface area contributed by atoms with Gasteiger partial charge in [0.15, 0.2) is 0 Å². The molecule has 0 aliphatic heterocycles. The molecule has 0 aliphatic rings. The molecule has 0 nitrogen and oxygen atoms in total. The highest BCUT2D eigenvalue weighted by molar-refractivity contribution is 9.09. The van der Waals surface area contributed by atoms with Crippen molar-refractivity contribution in [2.45, 2.75) is 6.92 Å². The first-order valence-corrected chi connectivity index (χ1v) is 3.37. The van der Waals surface area contributed by atoms with E-state index in [2.05, 4.69) is 15.9 Å². The minimum absolute atomic E-state index is 0.942. The van der Waals surface area contributed by atoms with Crippen molar-refractivity contribution in [3.63, 3.8) is 0 Å². The van der Waals surface area contributed by atoms with Crippen LogP contribution < -0.4 is 0 Å². The molecule has 0 aliphatic carbocycles. The van der Waals surface area contributed by atoms with Crippen molar-refractivity contribution in [1.82, 2.24) is 0 Å². The van der Waals surface area contributed by atoms with Crippen LogP contribution in [0.2, 0.25) is 0 Å². The van der Waals surface area contributed by atoms with Crippen molar-refractivity contribution in [2.75, 3.05) is 5.33 Å². The summed E-state index contributed by atoms with van der Waals surface area (Å²) >= 11 is 3.26. The van der Waals surface area contributed by atoms with Crippen LogP contribution in [0.4, 0.5) is 0 Å². The van der Waals surface area contributed by atoms with Crippen LogP contribution >= 0.6 is 15.9 Å². The second-order valence-electron chi connectivity index (χ2n) is 1.11. The Morgan fingerprint density at radius 2 is 2.14 bits per heavy atom. The highest BCUT2D eigenvalue weighted by atomic mass is 79.9. The van der Waals surface area contributed by atoms with Crippen LogP contribution in [-0.4, -0.2) is 5.33 Å². The van der Waals surface area contributed by atoms with Crippen molar-refractivity contribution < 1.29 is 0 Å². The lowest BCUT2D eigenvalue weighted by Gasteiger charge is -1.69. The molecule has 0 heterocycles. The zero-order chi connectivity index (χ0) is 5.54. The van der Waals surface area contributed by atoms with Crippen molar-refractivity contribution in [1.29, 1.82) is 0 Å². The van der Waals surface area contributed by atoms with E-state index in [9.17, 15) is 0 Å². The Bertz CT molecular complexity index is 72.2. The monoisotopic (exact) mass is 160 g/mol. The van der Waals surface area contributed by atoms with E-state index in [1.807, 2.05) is 31.2 Å². The van der Waals surface area contributed by atoms with E-state index in [0.29, 0.717) is 0 Å². The fourth-order valence-corrected chi connectivity index (χ4v) is 0.457. The number of halogens is 1. The third kappa shape index (κ3) is 5.96. The topological polar surface area (TPSA) is 0 Å². The summed E-state index contributed by atoms with van der Waals surface area (Å²) in [6, 6.07) is 0. The fraction of sp³-hybridized carbons (Fsp3) is 0.333. The summed E-state index contributed by atoms with van der Waals surface area (Å²) in [5, 5.41) is 0.942. The molecule has 1 heteroatoms. The molecule has 0 aromatic carbocycles. The smallest absolute Gasteiger partial charge is 0.0215 e. The van der Waals surface area contributed by atoms with Gasteiger partial charge in [0.1, 0.15) is 0 Å². The second-order valence-corrected chi connectivity index (χ2v) is 1.76. The maximum absolute atomic E-state index is 3.26. The van der Waals surface area contributed by atoms with Crippen LogP contribution in [-0.2, 0) is 0 Å². The molecule has 0 saturated heterocycles. The Kier molecular flexibility index (Phi) is 5.93. The lowest BCUT2D eigenvalue weighted by molar-refractivity contribution is 1.71. The van der Waals surface area contributed by atoms with E-state index in [-0.39, 0.29) is 0 Å². The molecule has 0 amide bonds. The van der Waals surface area contributed by atoms with Crippen LogP contribution in [0.1, 0.15) is 6.92 Å². The van der Waals surface area contributed by atoms with E-state index >= 15 is 0 Å². The van der Waals surface area contributed by atoms with Crippen LogP contribution in [0.25, 0.3) is 0 Å². The highest BCUT2D eigenvalue weighted by Gasteiger charge is 1.59. The average Bonchev–Trinajstić information content (AvgIpc) is 1.69. The number of rotatable bonds is 2. The molecule has 0 N–H and O–H groups in total. The van der Waals surface area contributed by atoms with Gasteiger partial charge in [-0.25, -0.2) is 0 Å². The summed E-state index contributed by atoms with van der Waals surface area (Å²) in [5.74, 6) is 0. The number of hydrogen-bond acceptors (Lipinski definition) is 0. The van der Waals surface area contributed by atoms with Crippen molar-refractivity contribution in [2.24, 2.45) is 0 Å². The van der Waals surface area contributed by atoms with E-state index < -0.39 is 0 Å². The van der Waals surface area contributed by atoms with Gasteiger partial charge in [-0.05, 0) is 6.92 Å². The summed E-state index contributed by atoms with van der Waals surface area (Å²) in [6.45, 7) is 2.00. The summed E-state index contributed by atoms with van der Waals surface area (Å²) < 4.78 is 0. The van der Waals surface area contributed by atoms with Crippen LogP contribution in [0.15, 0.2) is 24.3 Å². The van der Waals surface area contributed by atoms with Crippen LogP contribution in [0.3, 0.4) is 0 Å². The minimum Gasteiger partial charge on any atom is -0.0883 e. The number of alkyl halides is 1. The van der Waals surface area contributed by atoms with E-state index in [4.69, 9.17) is 0 Å². The van der Waals surface area contributed by atoms with Crippen molar-refractivity contribution in [3.05, 3.63) is 24.3 Å². The molecule has 0 bridgehead atoms. The minimum atomic E-state index is 0.942. The highest BCUT2D eigenvalue weighted by Crippen LogP contribution is 1.81. The molecule has 0 fully saturated rings. The summed E-state index contributed by atoms with van der Waals surface area (Å²) in [5.41, 5.74) is 0. The molecule has 0 atom stereocenters. The average molecular weight is 161 g/mol. The van der Waals surface area contributed by atoms with E-state index in [1.165, 1.54) is 0 Å². The molecular weight excluding hydrogens is 152 g/mol. The van der Waals surface area contributed by atoms with Gasteiger partial charge in [-0.15, -0.1) is 0 Å².